The van der Waals surface area contributed by atoms with Gasteiger partial charge in [0.15, 0.2) is 6.29 Å². The Hall–Kier alpha value is -1.39. The molecule has 0 aliphatic rings. The molecule has 0 saturated heterocycles. The van der Waals surface area contributed by atoms with Crippen molar-refractivity contribution in [1.29, 1.82) is 0 Å². The largest absolute Gasteiger partial charge is 0.488 e. The van der Waals surface area contributed by atoms with E-state index in [1.54, 1.807) is 24.3 Å². The van der Waals surface area contributed by atoms with Gasteiger partial charge in [0, 0.05) is 15.1 Å². The van der Waals surface area contributed by atoms with Crippen LogP contribution in [0.4, 0.5) is 4.39 Å². The van der Waals surface area contributed by atoms with Crippen molar-refractivity contribution in [2.24, 2.45) is 0 Å². The molecule has 2 nitrogen and oxygen atoms in total. The van der Waals surface area contributed by atoms with Crippen LogP contribution in [-0.4, -0.2) is 6.29 Å². The maximum Gasteiger partial charge on any atom is 0.153 e. The number of rotatable bonds is 4. The van der Waals surface area contributed by atoms with Crippen LogP contribution in [0.2, 0.25) is 5.02 Å². The number of benzene rings is 2. The smallest absolute Gasteiger partial charge is 0.153 e. The molecular weight excluding hydrogens is 335 g/mol. The first-order chi connectivity index (χ1) is 9.10. The number of hydrogen-bond donors (Lipinski definition) is 0. The van der Waals surface area contributed by atoms with Crippen LogP contribution < -0.4 is 4.74 Å². The summed E-state index contributed by atoms with van der Waals surface area (Å²) in [5, 5.41) is 0.447. The lowest BCUT2D eigenvalue weighted by Gasteiger charge is -2.09. The standard InChI is InChI=1S/C14H9BrClFO2/c15-11-1-3-13(17)10(5-11)8-19-14-4-2-12(16)6-9(14)7-18/h1-7H,8H2. The number of aldehydes is 1. The summed E-state index contributed by atoms with van der Waals surface area (Å²) in [6.07, 6.45) is 0.651. The Morgan fingerprint density at radius 2 is 2.05 bits per heavy atom. The van der Waals surface area contributed by atoms with Gasteiger partial charge in [0.1, 0.15) is 18.2 Å². The number of carbonyl (C=O) groups excluding carboxylic acids is 1. The van der Waals surface area contributed by atoms with Gasteiger partial charge in [-0.05, 0) is 36.4 Å². The molecule has 0 radical (unpaired) electrons. The molecule has 0 fully saturated rings. The van der Waals surface area contributed by atoms with Crippen molar-refractivity contribution >= 4 is 33.8 Å². The SMILES string of the molecule is O=Cc1cc(Cl)ccc1OCc1cc(Br)ccc1F. The quantitative estimate of drug-likeness (QED) is 0.756. The Balaban J connectivity index is 2.18. The molecule has 0 heterocycles. The number of halogens is 3. The first-order valence-corrected chi connectivity index (χ1v) is 6.58. The van der Waals surface area contributed by atoms with Crippen LogP contribution in [0.1, 0.15) is 15.9 Å². The Bertz CT molecular complexity index is 616. The predicted octanol–water partition coefficient (Wildman–Crippen LogP) is 4.63. The first-order valence-electron chi connectivity index (χ1n) is 5.41. The zero-order chi connectivity index (χ0) is 13.8. The molecule has 0 atom stereocenters. The molecule has 98 valence electrons. The maximum atomic E-state index is 13.5. The molecule has 0 spiro atoms. The molecule has 2 aromatic rings. The maximum absolute atomic E-state index is 13.5. The minimum Gasteiger partial charge on any atom is -0.488 e. The highest BCUT2D eigenvalue weighted by Crippen LogP contribution is 2.23. The third-order valence-corrected chi connectivity index (χ3v) is 3.22. The van der Waals surface area contributed by atoms with Gasteiger partial charge >= 0.3 is 0 Å². The molecule has 0 N–H and O–H groups in total. The van der Waals surface area contributed by atoms with Crippen molar-refractivity contribution < 1.29 is 13.9 Å². The third-order valence-electron chi connectivity index (χ3n) is 2.49. The Morgan fingerprint density at radius 1 is 1.26 bits per heavy atom. The van der Waals surface area contributed by atoms with E-state index in [0.29, 0.717) is 28.2 Å². The lowest BCUT2D eigenvalue weighted by Crippen LogP contribution is -2.00. The minimum atomic E-state index is -0.357. The number of ether oxygens (including phenoxy) is 1. The first kappa shape index (κ1) is 14.0. The second kappa shape index (κ2) is 6.17. The average Bonchev–Trinajstić information content (AvgIpc) is 2.40. The normalized spacial score (nSPS) is 10.3. The lowest BCUT2D eigenvalue weighted by molar-refractivity contribution is 0.111. The summed E-state index contributed by atoms with van der Waals surface area (Å²) in [7, 11) is 0. The molecule has 0 aliphatic carbocycles. The molecule has 2 aromatic carbocycles. The molecule has 0 aliphatic heterocycles. The van der Waals surface area contributed by atoms with E-state index in [-0.39, 0.29) is 12.4 Å². The van der Waals surface area contributed by atoms with E-state index in [2.05, 4.69) is 15.9 Å². The summed E-state index contributed by atoms with van der Waals surface area (Å²) in [6.45, 7) is 0.0355. The van der Waals surface area contributed by atoms with Gasteiger partial charge in [-0.15, -0.1) is 0 Å². The lowest BCUT2D eigenvalue weighted by atomic mass is 10.2. The van der Waals surface area contributed by atoms with Crippen molar-refractivity contribution in [1.82, 2.24) is 0 Å². The highest BCUT2D eigenvalue weighted by atomic mass is 79.9. The molecule has 5 heteroatoms. The molecule has 19 heavy (non-hydrogen) atoms. The van der Waals surface area contributed by atoms with Gasteiger partial charge < -0.3 is 4.74 Å². The summed E-state index contributed by atoms with van der Waals surface area (Å²) in [6, 6.07) is 9.29. The molecule has 2 rings (SSSR count). The second-order valence-corrected chi connectivity index (χ2v) is 5.18. The monoisotopic (exact) mass is 342 g/mol. The van der Waals surface area contributed by atoms with Crippen LogP contribution in [0.25, 0.3) is 0 Å². The Labute approximate surface area is 123 Å². The fraction of sp³-hybridized carbons (Fsp3) is 0.0714. The summed E-state index contributed by atoms with van der Waals surface area (Å²) in [5.41, 5.74) is 0.740. The van der Waals surface area contributed by atoms with E-state index in [1.807, 2.05) is 0 Å². The van der Waals surface area contributed by atoms with Gasteiger partial charge in [0.05, 0.1) is 5.56 Å². The zero-order valence-corrected chi connectivity index (χ0v) is 12.0. The number of carbonyl (C=O) groups is 1. The number of hydrogen-bond acceptors (Lipinski definition) is 2. The van der Waals surface area contributed by atoms with Crippen molar-refractivity contribution in [2.45, 2.75) is 6.61 Å². The summed E-state index contributed by atoms with van der Waals surface area (Å²) in [4.78, 5) is 10.9. The van der Waals surface area contributed by atoms with Crippen molar-refractivity contribution in [3.63, 3.8) is 0 Å². The highest BCUT2D eigenvalue weighted by Gasteiger charge is 2.07. The van der Waals surface area contributed by atoms with Gasteiger partial charge in [-0.25, -0.2) is 4.39 Å². The summed E-state index contributed by atoms with van der Waals surface area (Å²) in [5.74, 6) is 0.0172. The van der Waals surface area contributed by atoms with E-state index < -0.39 is 0 Å². The fourth-order valence-electron chi connectivity index (χ4n) is 1.55. The molecule has 0 amide bonds. The van der Waals surface area contributed by atoms with Crippen molar-refractivity contribution in [3.05, 3.63) is 62.8 Å². The van der Waals surface area contributed by atoms with Gasteiger partial charge in [-0.2, -0.15) is 0 Å². The van der Waals surface area contributed by atoms with E-state index >= 15 is 0 Å². The third kappa shape index (κ3) is 3.55. The van der Waals surface area contributed by atoms with Gasteiger partial charge in [0.25, 0.3) is 0 Å². The molecule has 0 saturated carbocycles. The van der Waals surface area contributed by atoms with E-state index in [0.717, 1.165) is 4.47 Å². The Morgan fingerprint density at radius 3 is 2.79 bits per heavy atom. The van der Waals surface area contributed by atoms with Gasteiger partial charge in [-0.3, -0.25) is 4.79 Å². The van der Waals surface area contributed by atoms with Crippen LogP contribution in [0.15, 0.2) is 40.9 Å². The van der Waals surface area contributed by atoms with Crippen LogP contribution >= 0.6 is 27.5 Å². The Kier molecular flexibility index (Phi) is 4.56. The van der Waals surface area contributed by atoms with E-state index in [4.69, 9.17) is 16.3 Å². The van der Waals surface area contributed by atoms with Gasteiger partial charge in [0.2, 0.25) is 0 Å². The predicted molar refractivity (Wildman–Crippen MR) is 75.3 cm³/mol. The topological polar surface area (TPSA) is 26.3 Å². The fourth-order valence-corrected chi connectivity index (χ4v) is 2.14. The molecule has 0 unspecified atom stereocenters. The second-order valence-electron chi connectivity index (χ2n) is 3.82. The zero-order valence-electron chi connectivity index (χ0n) is 9.70. The van der Waals surface area contributed by atoms with E-state index in [1.165, 1.54) is 12.1 Å². The summed E-state index contributed by atoms with van der Waals surface area (Å²) >= 11 is 9.04. The average molecular weight is 344 g/mol. The van der Waals surface area contributed by atoms with E-state index in [9.17, 15) is 9.18 Å². The molecule has 0 bridgehead atoms. The van der Waals surface area contributed by atoms with Gasteiger partial charge in [-0.1, -0.05) is 27.5 Å². The van der Waals surface area contributed by atoms with Crippen LogP contribution in [0.5, 0.6) is 5.75 Å². The van der Waals surface area contributed by atoms with Crippen LogP contribution in [0, 0.1) is 5.82 Å². The van der Waals surface area contributed by atoms with Crippen LogP contribution in [-0.2, 0) is 6.61 Å². The minimum absolute atomic E-state index is 0.0355. The van der Waals surface area contributed by atoms with Crippen molar-refractivity contribution in [3.8, 4) is 5.75 Å². The van der Waals surface area contributed by atoms with Crippen molar-refractivity contribution in [2.75, 3.05) is 0 Å². The highest BCUT2D eigenvalue weighted by molar-refractivity contribution is 9.10. The summed E-state index contributed by atoms with van der Waals surface area (Å²) < 4.78 is 19.7. The molecular formula is C14H9BrClFO2. The molecule has 0 aromatic heterocycles. The van der Waals surface area contributed by atoms with Crippen LogP contribution in [0.3, 0.4) is 0 Å².